The monoisotopic (exact) mass is 437 g/mol. The number of thioether (sulfide) groups is 1. The summed E-state index contributed by atoms with van der Waals surface area (Å²) in [6.07, 6.45) is 3.22. The van der Waals surface area contributed by atoms with Gasteiger partial charge in [-0.1, -0.05) is 30.0 Å². The lowest BCUT2D eigenvalue weighted by Crippen LogP contribution is -2.48. The van der Waals surface area contributed by atoms with Crippen LogP contribution in [0, 0.1) is 0 Å². The molecule has 0 bridgehead atoms. The Kier molecular flexibility index (Phi) is 6.32. The zero-order valence-electron chi connectivity index (χ0n) is 18.1. The Labute approximate surface area is 186 Å². The number of methoxy groups -OCH3 is 1. The van der Waals surface area contributed by atoms with E-state index >= 15 is 0 Å². The number of hydrogen-bond acceptors (Lipinski definition) is 5. The predicted molar refractivity (Wildman–Crippen MR) is 124 cm³/mol. The van der Waals surface area contributed by atoms with Crippen LogP contribution in [-0.4, -0.2) is 45.3 Å². The fourth-order valence-electron chi connectivity index (χ4n) is 4.30. The van der Waals surface area contributed by atoms with Crippen molar-refractivity contribution in [3.63, 3.8) is 0 Å². The van der Waals surface area contributed by atoms with Crippen LogP contribution in [0.2, 0.25) is 0 Å². The first-order valence-electron chi connectivity index (χ1n) is 10.6. The fraction of sp³-hybridized carbons (Fsp3) is 0.375. The van der Waals surface area contributed by atoms with Gasteiger partial charge in [0.15, 0.2) is 5.16 Å². The Morgan fingerprint density at radius 1 is 1.13 bits per heavy atom. The van der Waals surface area contributed by atoms with E-state index in [9.17, 15) is 9.59 Å². The first-order valence-corrected chi connectivity index (χ1v) is 11.6. The van der Waals surface area contributed by atoms with Gasteiger partial charge in [-0.3, -0.25) is 14.2 Å². The summed E-state index contributed by atoms with van der Waals surface area (Å²) < 4.78 is 6.92. The van der Waals surface area contributed by atoms with Crippen LogP contribution in [0.5, 0.6) is 5.75 Å². The number of aromatic nitrogens is 2. The fourth-order valence-corrected chi connectivity index (χ4v) is 5.18. The molecule has 1 saturated heterocycles. The number of para-hydroxylation sites is 1. The van der Waals surface area contributed by atoms with Crippen molar-refractivity contribution in [2.45, 2.75) is 50.4 Å². The molecule has 7 heteroatoms. The van der Waals surface area contributed by atoms with Crippen LogP contribution in [0.15, 0.2) is 58.5 Å². The number of benzene rings is 2. The molecule has 1 aliphatic heterocycles. The van der Waals surface area contributed by atoms with Crippen molar-refractivity contribution in [3.05, 3.63) is 58.9 Å². The van der Waals surface area contributed by atoms with Gasteiger partial charge in [0.1, 0.15) is 5.75 Å². The Morgan fingerprint density at radius 3 is 2.61 bits per heavy atom. The molecule has 0 aliphatic carbocycles. The van der Waals surface area contributed by atoms with Gasteiger partial charge in [-0.2, -0.15) is 0 Å². The van der Waals surface area contributed by atoms with Crippen LogP contribution >= 0.6 is 11.8 Å². The number of fused-ring (bicyclic) bond motifs is 1. The minimum Gasteiger partial charge on any atom is -0.497 e. The van der Waals surface area contributed by atoms with Crippen LogP contribution < -0.4 is 10.3 Å². The number of hydrogen-bond donors (Lipinski definition) is 0. The second kappa shape index (κ2) is 9.14. The van der Waals surface area contributed by atoms with E-state index in [-0.39, 0.29) is 29.3 Å². The third kappa shape index (κ3) is 4.32. The Balaban J connectivity index is 1.72. The quantitative estimate of drug-likeness (QED) is 0.440. The highest BCUT2D eigenvalue weighted by atomic mass is 32.2. The number of amides is 1. The summed E-state index contributed by atoms with van der Waals surface area (Å²) >= 11 is 1.31. The molecular formula is C24H27N3O3S. The molecule has 3 aromatic rings. The molecule has 2 aromatic carbocycles. The van der Waals surface area contributed by atoms with Gasteiger partial charge >= 0.3 is 0 Å². The van der Waals surface area contributed by atoms with E-state index in [1.165, 1.54) is 11.8 Å². The SMILES string of the molecule is COc1cccc(-n2c(SCC(=O)N3[C@@H](C)CCC[C@@H]3C)nc3ccccc3c2=O)c1. The summed E-state index contributed by atoms with van der Waals surface area (Å²) in [5.41, 5.74) is 1.13. The average molecular weight is 438 g/mol. The molecule has 162 valence electrons. The summed E-state index contributed by atoms with van der Waals surface area (Å²) in [4.78, 5) is 33.2. The number of likely N-dealkylation sites (tertiary alicyclic amines) is 1. The van der Waals surface area contributed by atoms with Crippen molar-refractivity contribution in [3.8, 4) is 11.4 Å². The van der Waals surface area contributed by atoms with Gasteiger partial charge in [0.05, 0.1) is 29.5 Å². The van der Waals surface area contributed by atoms with Crippen molar-refractivity contribution >= 4 is 28.6 Å². The third-order valence-corrected chi connectivity index (χ3v) is 6.79. The van der Waals surface area contributed by atoms with E-state index in [2.05, 4.69) is 13.8 Å². The first kappa shape index (κ1) is 21.4. The summed E-state index contributed by atoms with van der Waals surface area (Å²) in [6, 6.07) is 15.1. The molecule has 2 heterocycles. The molecule has 4 rings (SSSR count). The Morgan fingerprint density at radius 2 is 1.87 bits per heavy atom. The summed E-state index contributed by atoms with van der Waals surface area (Å²) in [5.74, 6) is 0.980. The lowest BCUT2D eigenvalue weighted by molar-refractivity contribution is -0.134. The average Bonchev–Trinajstić information content (AvgIpc) is 2.77. The molecular weight excluding hydrogens is 410 g/mol. The molecule has 1 aliphatic rings. The molecule has 1 fully saturated rings. The largest absolute Gasteiger partial charge is 0.497 e. The summed E-state index contributed by atoms with van der Waals surface area (Å²) in [6.45, 7) is 4.22. The van der Waals surface area contributed by atoms with Crippen LogP contribution in [0.3, 0.4) is 0 Å². The van der Waals surface area contributed by atoms with E-state index in [4.69, 9.17) is 9.72 Å². The Bertz CT molecular complexity index is 1150. The molecule has 2 atom stereocenters. The summed E-state index contributed by atoms with van der Waals surface area (Å²) in [7, 11) is 1.59. The predicted octanol–water partition coefficient (Wildman–Crippen LogP) is 4.28. The van der Waals surface area contributed by atoms with E-state index in [0.717, 1.165) is 19.3 Å². The van der Waals surface area contributed by atoms with Crippen LogP contribution in [-0.2, 0) is 4.79 Å². The zero-order valence-corrected chi connectivity index (χ0v) is 18.9. The normalized spacial score (nSPS) is 18.9. The number of carbonyl (C=O) groups is 1. The van der Waals surface area contributed by atoms with Gasteiger partial charge in [0.25, 0.3) is 5.56 Å². The topological polar surface area (TPSA) is 64.4 Å². The highest BCUT2D eigenvalue weighted by Gasteiger charge is 2.29. The maximum atomic E-state index is 13.4. The van der Waals surface area contributed by atoms with E-state index < -0.39 is 0 Å². The standard InChI is InChI=1S/C24H27N3O3S/c1-16-8-6-9-17(2)26(16)22(28)15-31-24-25-21-13-5-4-12-20(21)23(29)27(24)18-10-7-11-19(14-18)30-3/h4-5,7,10-14,16-17H,6,8-9,15H2,1-3H3/t16-,17-/m0/s1. The number of ether oxygens (including phenoxy) is 1. The van der Waals surface area contributed by atoms with Crippen molar-refractivity contribution in [1.82, 2.24) is 14.5 Å². The van der Waals surface area contributed by atoms with Crippen molar-refractivity contribution in [2.24, 2.45) is 0 Å². The number of piperidine rings is 1. The third-order valence-electron chi connectivity index (χ3n) is 5.86. The molecule has 6 nitrogen and oxygen atoms in total. The van der Waals surface area contributed by atoms with Crippen molar-refractivity contribution < 1.29 is 9.53 Å². The lowest BCUT2D eigenvalue weighted by Gasteiger charge is -2.39. The molecule has 0 radical (unpaired) electrons. The lowest BCUT2D eigenvalue weighted by atomic mass is 9.98. The molecule has 0 saturated carbocycles. The smallest absolute Gasteiger partial charge is 0.266 e. The minimum absolute atomic E-state index is 0.0873. The van der Waals surface area contributed by atoms with Gasteiger partial charge in [0.2, 0.25) is 5.91 Å². The van der Waals surface area contributed by atoms with E-state index in [1.807, 2.05) is 41.3 Å². The van der Waals surface area contributed by atoms with Crippen molar-refractivity contribution in [2.75, 3.05) is 12.9 Å². The van der Waals surface area contributed by atoms with Crippen LogP contribution in [0.4, 0.5) is 0 Å². The van der Waals surface area contributed by atoms with Gasteiger partial charge in [-0.15, -0.1) is 0 Å². The van der Waals surface area contributed by atoms with Crippen molar-refractivity contribution in [1.29, 1.82) is 0 Å². The number of nitrogens with zero attached hydrogens (tertiary/aromatic N) is 3. The van der Waals surface area contributed by atoms with E-state index in [0.29, 0.717) is 27.5 Å². The first-order chi connectivity index (χ1) is 15.0. The van der Waals surface area contributed by atoms with Crippen LogP contribution in [0.1, 0.15) is 33.1 Å². The zero-order chi connectivity index (χ0) is 22.0. The van der Waals surface area contributed by atoms with Gasteiger partial charge in [-0.05, 0) is 57.4 Å². The molecule has 0 unspecified atom stereocenters. The second-order valence-corrected chi connectivity index (χ2v) is 8.91. The maximum absolute atomic E-state index is 13.4. The molecule has 1 amide bonds. The van der Waals surface area contributed by atoms with Gasteiger partial charge < -0.3 is 9.64 Å². The number of carbonyl (C=O) groups excluding carboxylic acids is 1. The molecule has 0 N–H and O–H groups in total. The maximum Gasteiger partial charge on any atom is 0.266 e. The molecule has 0 spiro atoms. The van der Waals surface area contributed by atoms with Gasteiger partial charge in [-0.25, -0.2) is 4.98 Å². The number of rotatable bonds is 5. The van der Waals surface area contributed by atoms with Gasteiger partial charge in [0, 0.05) is 18.2 Å². The van der Waals surface area contributed by atoms with E-state index in [1.54, 1.807) is 23.8 Å². The minimum atomic E-state index is -0.159. The summed E-state index contributed by atoms with van der Waals surface area (Å²) in [5, 5.41) is 1.04. The second-order valence-electron chi connectivity index (χ2n) is 7.97. The Hall–Kier alpha value is -2.80. The molecule has 1 aromatic heterocycles. The highest BCUT2D eigenvalue weighted by Crippen LogP contribution is 2.27. The van der Waals surface area contributed by atoms with Crippen LogP contribution in [0.25, 0.3) is 16.6 Å². The highest BCUT2D eigenvalue weighted by molar-refractivity contribution is 7.99. The molecule has 31 heavy (non-hydrogen) atoms.